The Kier molecular flexibility index (Phi) is 4.54. The normalized spacial score (nSPS) is 50.2. The van der Waals surface area contributed by atoms with Crippen LogP contribution in [0.3, 0.4) is 0 Å². The van der Waals surface area contributed by atoms with E-state index >= 15 is 0 Å². The Morgan fingerprint density at radius 2 is 1.81 bits per heavy atom. The molecule has 0 N–H and O–H groups in total. The number of piperidine rings is 1. The quantitative estimate of drug-likeness (QED) is 0.624. The molecule has 3 aliphatic carbocycles. The molecule has 4 aliphatic rings. The lowest BCUT2D eigenvalue weighted by Crippen LogP contribution is -2.62. The minimum atomic E-state index is -0.0460. The number of fused-ring (bicyclic) bond motifs is 5. The predicted molar refractivity (Wildman–Crippen MR) is 109 cm³/mol. The highest BCUT2D eigenvalue weighted by Gasteiger charge is 2.62. The Morgan fingerprint density at radius 3 is 2.48 bits per heavy atom. The summed E-state index contributed by atoms with van der Waals surface area (Å²) in [5.41, 5.74) is 0.713. The summed E-state index contributed by atoms with van der Waals surface area (Å²) in [6.07, 6.45) is 8.63. The molecule has 0 aromatic heterocycles. The van der Waals surface area contributed by atoms with Gasteiger partial charge in [0, 0.05) is 19.5 Å². The number of ether oxygens (including phenoxy) is 1. The van der Waals surface area contributed by atoms with Gasteiger partial charge in [-0.25, -0.2) is 0 Å². The van der Waals surface area contributed by atoms with Crippen LogP contribution in [0, 0.1) is 34.5 Å². The number of carbonyl (C=O) groups is 1. The standard InChI is InChI=1S/C24H41NO2/c1-15-12-19-24(6,11-9-20(26)25(19)7)17-8-10-23(5)14-16(27-22(2,3)4)13-18(23)21(15)17/h15-19,21H,8-14H2,1-7H3/t15-,16-,17?,18?,19?,21?,23+,24+/m0/s1. The molecular weight excluding hydrogens is 334 g/mol. The minimum absolute atomic E-state index is 0.0460. The van der Waals surface area contributed by atoms with Crippen LogP contribution in [0.4, 0.5) is 0 Å². The van der Waals surface area contributed by atoms with Gasteiger partial charge in [-0.2, -0.15) is 0 Å². The smallest absolute Gasteiger partial charge is 0.222 e. The zero-order valence-corrected chi connectivity index (χ0v) is 18.7. The van der Waals surface area contributed by atoms with E-state index < -0.39 is 0 Å². The van der Waals surface area contributed by atoms with Crippen molar-refractivity contribution in [3.05, 3.63) is 0 Å². The summed E-state index contributed by atoms with van der Waals surface area (Å²) in [5, 5.41) is 0. The van der Waals surface area contributed by atoms with Crippen LogP contribution in [0.25, 0.3) is 0 Å². The summed E-state index contributed by atoms with van der Waals surface area (Å²) < 4.78 is 6.48. The van der Waals surface area contributed by atoms with Crippen LogP contribution in [0.1, 0.15) is 86.5 Å². The number of rotatable bonds is 1. The molecule has 0 radical (unpaired) electrons. The molecule has 1 aliphatic heterocycles. The van der Waals surface area contributed by atoms with E-state index in [2.05, 4.69) is 53.5 Å². The van der Waals surface area contributed by atoms with E-state index in [-0.39, 0.29) is 5.60 Å². The van der Waals surface area contributed by atoms with Crippen LogP contribution < -0.4 is 0 Å². The van der Waals surface area contributed by atoms with Crippen molar-refractivity contribution >= 4 is 5.91 Å². The summed E-state index contributed by atoms with van der Waals surface area (Å²) in [4.78, 5) is 14.5. The fraction of sp³-hybridized carbons (Fsp3) is 0.958. The van der Waals surface area contributed by atoms with E-state index in [1.807, 2.05) is 0 Å². The van der Waals surface area contributed by atoms with Crippen LogP contribution in [-0.4, -0.2) is 35.6 Å². The average Bonchev–Trinajstić information content (AvgIpc) is 2.87. The molecule has 4 unspecified atom stereocenters. The Hall–Kier alpha value is -0.570. The van der Waals surface area contributed by atoms with Gasteiger partial charge >= 0.3 is 0 Å². The first-order valence-corrected chi connectivity index (χ1v) is 11.4. The van der Waals surface area contributed by atoms with Crippen molar-refractivity contribution in [1.29, 1.82) is 0 Å². The molecule has 1 amide bonds. The topological polar surface area (TPSA) is 29.5 Å². The molecule has 4 rings (SSSR count). The van der Waals surface area contributed by atoms with Gasteiger partial charge in [0.05, 0.1) is 11.7 Å². The zero-order chi connectivity index (χ0) is 19.8. The number of likely N-dealkylation sites (tertiary alicyclic amines) is 1. The summed E-state index contributed by atoms with van der Waals surface area (Å²) in [6.45, 7) is 14.1. The van der Waals surface area contributed by atoms with Crippen LogP contribution in [-0.2, 0) is 9.53 Å². The van der Waals surface area contributed by atoms with Crippen molar-refractivity contribution in [2.45, 2.75) is 104 Å². The lowest BCUT2D eigenvalue weighted by Gasteiger charge is -2.63. The number of hydrogen-bond acceptors (Lipinski definition) is 2. The second kappa shape index (κ2) is 6.21. The van der Waals surface area contributed by atoms with Gasteiger partial charge in [0.25, 0.3) is 0 Å². The van der Waals surface area contributed by atoms with Gasteiger partial charge in [-0.05, 0) is 93.8 Å². The van der Waals surface area contributed by atoms with Crippen LogP contribution in [0.2, 0.25) is 0 Å². The summed E-state index contributed by atoms with van der Waals surface area (Å²) in [6, 6.07) is 0.447. The summed E-state index contributed by atoms with van der Waals surface area (Å²) in [5.74, 6) is 3.44. The molecule has 1 heterocycles. The molecular formula is C24H41NO2. The first-order valence-electron chi connectivity index (χ1n) is 11.4. The average molecular weight is 376 g/mol. The maximum absolute atomic E-state index is 12.4. The van der Waals surface area contributed by atoms with E-state index in [1.54, 1.807) is 0 Å². The number of carbonyl (C=O) groups excluding carboxylic acids is 1. The zero-order valence-electron chi connectivity index (χ0n) is 18.7. The van der Waals surface area contributed by atoms with E-state index in [1.165, 1.54) is 32.1 Å². The molecule has 3 saturated carbocycles. The molecule has 8 atom stereocenters. The fourth-order valence-electron chi connectivity index (χ4n) is 8.05. The van der Waals surface area contributed by atoms with Gasteiger partial charge in [0.1, 0.15) is 0 Å². The molecule has 27 heavy (non-hydrogen) atoms. The molecule has 3 nitrogen and oxygen atoms in total. The second-order valence-electron chi connectivity index (χ2n) is 12.0. The molecule has 4 fully saturated rings. The summed E-state index contributed by atoms with van der Waals surface area (Å²) >= 11 is 0. The van der Waals surface area contributed by atoms with E-state index in [9.17, 15) is 4.79 Å². The SMILES string of the molecule is C[C@H]1CC2N(C)C(=O)CC[C@]2(C)C2CC[C@]3(C)C[C@@H](OC(C)(C)C)CC3C21. The van der Waals surface area contributed by atoms with E-state index in [0.717, 1.165) is 30.6 Å². The van der Waals surface area contributed by atoms with Gasteiger partial charge < -0.3 is 9.64 Å². The second-order valence-corrected chi connectivity index (χ2v) is 12.0. The van der Waals surface area contributed by atoms with Gasteiger partial charge in [0.15, 0.2) is 0 Å². The van der Waals surface area contributed by atoms with Gasteiger partial charge in [-0.15, -0.1) is 0 Å². The van der Waals surface area contributed by atoms with Crippen molar-refractivity contribution in [1.82, 2.24) is 4.90 Å². The van der Waals surface area contributed by atoms with Crippen LogP contribution in [0.5, 0.6) is 0 Å². The third-order valence-electron chi connectivity index (χ3n) is 9.18. The van der Waals surface area contributed by atoms with Crippen molar-refractivity contribution in [3.63, 3.8) is 0 Å². The largest absolute Gasteiger partial charge is 0.373 e. The molecule has 0 aromatic carbocycles. The molecule has 3 heteroatoms. The maximum atomic E-state index is 12.4. The van der Waals surface area contributed by atoms with Gasteiger partial charge in [-0.3, -0.25) is 4.79 Å². The highest BCUT2D eigenvalue weighted by Crippen LogP contribution is 2.66. The molecule has 154 valence electrons. The highest BCUT2D eigenvalue weighted by atomic mass is 16.5. The van der Waals surface area contributed by atoms with E-state index in [0.29, 0.717) is 34.8 Å². The molecule has 0 bridgehead atoms. The van der Waals surface area contributed by atoms with Crippen LogP contribution >= 0.6 is 0 Å². The molecule has 1 saturated heterocycles. The maximum Gasteiger partial charge on any atom is 0.222 e. The lowest BCUT2D eigenvalue weighted by molar-refractivity contribution is -0.164. The van der Waals surface area contributed by atoms with E-state index in [4.69, 9.17) is 4.74 Å². The lowest BCUT2D eigenvalue weighted by atomic mass is 9.45. The first-order chi connectivity index (χ1) is 12.4. The van der Waals surface area contributed by atoms with Gasteiger partial charge in [-0.1, -0.05) is 20.8 Å². The minimum Gasteiger partial charge on any atom is -0.373 e. The Balaban J connectivity index is 1.62. The highest BCUT2D eigenvalue weighted by molar-refractivity contribution is 5.77. The molecule has 0 spiro atoms. The van der Waals surface area contributed by atoms with Gasteiger partial charge in [0.2, 0.25) is 5.91 Å². The predicted octanol–water partition coefficient (Wildman–Crippen LogP) is 5.28. The Labute approximate surface area is 166 Å². The van der Waals surface area contributed by atoms with Crippen LogP contribution in [0.15, 0.2) is 0 Å². The number of amides is 1. The van der Waals surface area contributed by atoms with Crippen molar-refractivity contribution in [2.24, 2.45) is 34.5 Å². The van der Waals surface area contributed by atoms with Crippen molar-refractivity contribution in [3.8, 4) is 0 Å². The Bertz CT molecular complexity index is 610. The Morgan fingerprint density at radius 1 is 1.11 bits per heavy atom. The monoisotopic (exact) mass is 375 g/mol. The third-order valence-corrected chi connectivity index (χ3v) is 9.18. The van der Waals surface area contributed by atoms with Crippen molar-refractivity contribution in [2.75, 3.05) is 7.05 Å². The first kappa shape index (κ1) is 19.7. The number of hydrogen-bond donors (Lipinski definition) is 0. The third kappa shape index (κ3) is 3.07. The summed E-state index contributed by atoms with van der Waals surface area (Å²) in [7, 11) is 2.06. The van der Waals surface area contributed by atoms with Crippen molar-refractivity contribution < 1.29 is 9.53 Å². The number of nitrogens with zero attached hydrogens (tertiary/aromatic N) is 1. The molecule has 0 aromatic rings. The fourth-order valence-corrected chi connectivity index (χ4v) is 8.05.